The molecule has 8 nitrogen and oxygen atoms in total. The molecule has 0 radical (unpaired) electrons. The topological polar surface area (TPSA) is 88.2 Å². The first-order chi connectivity index (χ1) is 19.5. The van der Waals surface area contributed by atoms with Gasteiger partial charge in [0.15, 0.2) is 0 Å². The highest BCUT2D eigenvalue weighted by atomic mass is 19.4. The zero-order valence-electron chi connectivity index (χ0n) is 22.4. The van der Waals surface area contributed by atoms with Crippen LogP contribution in [0.1, 0.15) is 16.7 Å². The van der Waals surface area contributed by atoms with Gasteiger partial charge in [-0.1, -0.05) is 48.5 Å². The summed E-state index contributed by atoms with van der Waals surface area (Å²) in [6, 6.07) is 17.4. The van der Waals surface area contributed by atoms with E-state index >= 15 is 0 Å². The highest BCUT2D eigenvalue weighted by Gasteiger charge is 2.82. The molecular weight excluding hydrogens is 539 g/mol. The van der Waals surface area contributed by atoms with Crippen molar-refractivity contribution in [2.24, 2.45) is 5.92 Å². The highest BCUT2D eigenvalue weighted by molar-refractivity contribution is 6.20. The van der Waals surface area contributed by atoms with E-state index in [2.05, 4.69) is 5.32 Å². The third-order valence-electron chi connectivity index (χ3n) is 8.55. The number of benzene rings is 3. The summed E-state index contributed by atoms with van der Waals surface area (Å²) < 4.78 is 55.1. The minimum atomic E-state index is -5.03. The van der Waals surface area contributed by atoms with Crippen molar-refractivity contribution in [2.75, 3.05) is 31.1 Å². The van der Waals surface area contributed by atoms with Gasteiger partial charge in [-0.05, 0) is 35.4 Å². The minimum absolute atomic E-state index is 0.0325. The molecule has 41 heavy (non-hydrogen) atoms. The van der Waals surface area contributed by atoms with Crippen molar-refractivity contribution < 1.29 is 37.0 Å². The molecule has 3 aromatic carbocycles. The fourth-order valence-corrected chi connectivity index (χ4v) is 6.92. The molecule has 0 bridgehead atoms. The molecule has 3 aliphatic heterocycles. The second-order valence-corrected chi connectivity index (χ2v) is 10.4. The third kappa shape index (κ3) is 3.35. The van der Waals surface area contributed by atoms with E-state index in [1.165, 1.54) is 42.2 Å². The maximum Gasteiger partial charge on any atom is 0.404 e. The van der Waals surface area contributed by atoms with Crippen LogP contribution in [0, 0.1) is 5.92 Å². The van der Waals surface area contributed by atoms with Gasteiger partial charge in [0.2, 0.25) is 5.91 Å². The molecule has 3 aliphatic rings. The maximum absolute atomic E-state index is 14.9. The molecule has 0 unspecified atom stereocenters. The summed E-state index contributed by atoms with van der Waals surface area (Å²) >= 11 is 0. The molecule has 1 N–H and O–H groups in total. The second kappa shape index (κ2) is 9.07. The van der Waals surface area contributed by atoms with Crippen LogP contribution in [0.4, 0.5) is 24.5 Å². The summed E-state index contributed by atoms with van der Waals surface area (Å²) in [5, 5.41) is 2.55. The second-order valence-electron chi connectivity index (χ2n) is 10.4. The number of alkyl halides is 3. The average Bonchev–Trinajstić information content (AvgIpc) is 3.51. The number of hydrogen-bond acceptors (Lipinski definition) is 6. The zero-order chi connectivity index (χ0) is 29.3. The number of likely N-dealkylation sites (N-methyl/N-ethyl adjacent to an activating group) is 1. The summed E-state index contributed by atoms with van der Waals surface area (Å²) in [6.07, 6.45) is -5.03. The van der Waals surface area contributed by atoms with Gasteiger partial charge in [0.1, 0.15) is 28.7 Å². The fraction of sp³-hybridized carbons (Fsp3) is 0.300. The number of amides is 2. The van der Waals surface area contributed by atoms with Gasteiger partial charge in [0.25, 0.3) is 5.91 Å². The molecule has 2 amide bonds. The lowest BCUT2D eigenvalue weighted by atomic mass is 9.58. The lowest BCUT2D eigenvalue weighted by Gasteiger charge is -2.40. The Balaban J connectivity index is 1.72. The first kappa shape index (κ1) is 26.8. The van der Waals surface area contributed by atoms with Gasteiger partial charge in [0, 0.05) is 24.0 Å². The summed E-state index contributed by atoms with van der Waals surface area (Å²) in [7, 11) is 3.76. The van der Waals surface area contributed by atoms with Crippen LogP contribution >= 0.6 is 0 Å². The lowest BCUT2D eigenvalue weighted by molar-refractivity contribution is -0.178. The van der Waals surface area contributed by atoms with E-state index in [9.17, 15) is 27.6 Å². The number of halogens is 3. The first-order valence-corrected chi connectivity index (χ1v) is 12.9. The van der Waals surface area contributed by atoms with Crippen LogP contribution in [0.2, 0.25) is 0 Å². The van der Waals surface area contributed by atoms with E-state index in [-0.39, 0.29) is 29.1 Å². The Morgan fingerprint density at radius 2 is 1.61 bits per heavy atom. The number of carbonyl (C=O) groups is 3. The van der Waals surface area contributed by atoms with Gasteiger partial charge < -0.3 is 19.3 Å². The molecule has 3 aromatic rings. The van der Waals surface area contributed by atoms with Crippen LogP contribution in [0.25, 0.3) is 0 Å². The molecular formula is C30H26F3N3O5. The number of fused-ring (bicyclic) bond motifs is 5. The van der Waals surface area contributed by atoms with Gasteiger partial charge >= 0.3 is 12.1 Å². The number of para-hydroxylation sites is 1. The quantitative estimate of drug-likeness (QED) is 0.486. The largest absolute Gasteiger partial charge is 0.497 e. The number of methoxy groups -OCH3 is 2. The third-order valence-corrected chi connectivity index (χ3v) is 8.55. The van der Waals surface area contributed by atoms with Gasteiger partial charge in [-0.15, -0.1) is 0 Å². The number of ether oxygens (including phenoxy) is 2. The standard InChI is InChI=1S/C30H26F3N3O5/c1-35-21-14-13-18(40-2)15-20(21)28(26(35)38)23(25(37)41-3)24(30(31,32)33)34-29(28)19-11-7-8-12-22(19)36(27(29)39)16-17-9-5-4-6-10-17/h4-15,23-24,34H,16H2,1-3H3/t23-,24-,28+,29-/m1/s1. The van der Waals surface area contributed by atoms with Gasteiger partial charge in [-0.3, -0.25) is 19.7 Å². The number of hydrogen-bond donors (Lipinski definition) is 1. The van der Waals surface area contributed by atoms with E-state index in [1.807, 2.05) is 6.07 Å². The molecule has 1 fully saturated rings. The number of esters is 1. The van der Waals surface area contributed by atoms with E-state index in [1.54, 1.807) is 48.5 Å². The number of nitrogens with zero attached hydrogens (tertiary/aromatic N) is 2. The van der Waals surface area contributed by atoms with Crippen molar-refractivity contribution in [1.82, 2.24) is 5.32 Å². The van der Waals surface area contributed by atoms with Crippen LogP contribution in [0.5, 0.6) is 5.75 Å². The number of anilines is 2. The lowest BCUT2D eigenvalue weighted by Crippen LogP contribution is -2.63. The van der Waals surface area contributed by atoms with Crippen molar-refractivity contribution in [3.05, 3.63) is 89.5 Å². The monoisotopic (exact) mass is 565 g/mol. The molecule has 2 spiro atoms. The van der Waals surface area contributed by atoms with E-state index in [4.69, 9.17) is 9.47 Å². The van der Waals surface area contributed by atoms with Crippen molar-refractivity contribution in [1.29, 1.82) is 0 Å². The number of carbonyl (C=O) groups excluding carboxylic acids is 3. The molecule has 212 valence electrons. The summed E-state index contributed by atoms with van der Waals surface area (Å²) in [5.41, 5.74) is -3.10. The average molecular weight is 566 g/mol. The van der Waals surface area contributed by atoms with E-state index < -0.39 is 46.9 Å². The minimum Gasteiger partial charge on any atom is -0.497 e. The fourth-order valence-electron chi connectivity index (χ4n) is 6.92. The Morgan fingerprint density at radius 3 is 2.27 bits per heavy atom. The Labute approximate surface area is 233 Å². The SMILES string of the molecule is COC(=O)[C@H]1[C@H](C(F)(F)F)N[C@]2(C(=O)N(Cc3ccccc3)c3ccccc32)[C@]12C(=O)N(C)c1ccc(OC)cc12. The molecule has 0 saturated carbocycles. The molecule has 1 saturated heterocycles. The van der Waals surface area contributed by atoms with Gasteiger partial charge in [-0.2, -0.15) is 13.2 Å². The predicted molar refractivity (Wildman–Crippen MR) is 142 cm³/mol. The number of rotatable bonds is 4. The number of nitrogens with one attached hydrogen (secondary N) is 1. The Kier molecular flexibility index (Phi) is 5.93. The first-order valence-electron chi connectivity index (χ1n) is 12.9. The van der Waals surface area contributed by atoms with Crippen LogP contribution in [-0.2, 0) is 36.6 Å². The maximum atomic E-state index is 14.9. The predicted octanol–water partition coefficient (Wildman–Crippen LogP) is 3.68. The molecule has 0 aromatic heterocycles. The van der Waals surface area contributed by atoms with Crippen molar-refractivity contribution >= 4 is 29.2 Å². The molecule has 11 heteroatoms. The van der Waals surface area contributed by atoms with Crippen LogP contribution in [0.3, 0.4) is 0 Å². The van der Waals surface area contributed by atoms with Crippen molar-refractivity contribution in [3.8, 4) is 5.75 Å². The van der Waals surface area contributed by atoms with Crippen molar-refractivity contribution in [3.63, 3.8) is 0 Å². The normalized spacial score (nSPS) is 26.6. The summed E-state index contributed by atoms with van der Waals surface area (Å²) in [4.78, 5) is 45.5. The zero-order valence-corrected chi connectivity index (χ0v) is 22.4. The van der Waals surface area contributed by atoms with Crippen LogP contribution < -0.4 is 19.9 Å². The summed E-state index contributed by atoms with van der Waals surface area (Å²) in [5.74, 6) is -4.76. The Bertz CT molecular complexity index is 1580. The molecule has 3 heterocycles. The summed E-state index contributed by atoms with van der Waals surface area (Å²) in [6.45, 7) is 0.0325. The van der Waals surface area contributed by atoms with Gasteiger partial charge in [-0.25, -0.2) is 0 Å². The van der Waals surface area contributed by atoms with Crippen molar-refractivity contribution in [2.45, 2.75) is 29.7 Å². The van der Waals surface area contributed by atoms with Gasteiger partial charge in [0.05, 0.1) is 20.8 Å². The molecule has 4 atom stereocenters. The Hall–Kier alpha value is -4.38. The smallest absolute Gasteiger partial charge is 0.404 e. The Morgan fingerprint density at radius 1 is 0.927 bits per heavy atom. The van der Waals surface area contributed by atoms with Crippen LogP contribution in [0.15, 0.2) is 72.8 Å². The van der Waals surface area contributed by atoms with E-state index in [0.717, 1.165) is 12.7 Å². The molecule has 0 aliphatic carbocycles. The highest BCUT2D eigenvalue weighted by Crippen LogP contribution is 2.65. The van der Waals surface area contributed by atoms with Crippen LogP contribution in [-0.4, -0.2) is 51.3 Å². The molecule has 6 rings (SSSR count). The van der Waals surface area contributed by atoms with E-state index in [0.29, 0.717) is 5.69 Å².